The van der Waals surface area contributed by atoms with Crippen LogP contribution in [-0.2, 0) is 17.5 Å². The van der Waals surface area contributed by atoms with Crippen LogP contribution in [0.15, 0.2) is 24.3 Å². The molecule has 0 unspecified atom stereocenters. The van der Waals surface area contributed by atoms with Crippen molar-refractivity contribution in [2.45, 2.75) is 63.3 Å². The lowest BCUT2D eigenvalue weighted by Gasteiger charge is -2.26. The summed E-state index contributed by atoms with van der Waals surface area (Å²) in [6.07, 6.45) is 0.587. The van der Waals surface area contributed by atoms with Gasteiger partial charge in [0.1, 0.15) is 0 Å². The predicted molar refractivity (Wildman–Crippen MR) is 92.2 cm³/mol. The summed E-state index contributed by atoms with van der Waals surface area (Å²) in [6, 6.07) is 5.64. The Bertz CT molecular complexity index is 604. The summed E-state index contributed by atoms with van der Waals surface area (Å²) < 4.78 is 39.5. The number of hydrogen-bond donors (Lipinski definition) is 1. The molecule has 2 saturated carbocycles. The summed E-state index contributed by atoms with van der Waals surface area (Å²) in [5.74, 6) is 0.105. The zero-order chi connectivity index (χ0) is 17.3. The molecule has 3 nitrogen and oxygen atoms in total. The quantitative estimate of drug-likeness (QED) is 0.839. The normalized spacial score (nSPS) is 23.2. The Balaban J connectivity index is 0.00000225. The third-order valence-corrected chi connectivity index (χ3v) is 5.13. The van der Waals surface area contributed by atoms with Crippen molar-refractivity contribution in [2.75, 3.05) is 0 Å². The highest BCUT2D eigenvalue weighted by molar-refractivity contribution is 5.85. The third-order valence-electron chi connectivity index (χ3n) is 5.13. The van der Waals surface area contributed by atoms with Crippen molar-refractivity contribution in [3.63, 3.8) is 0 Å². The van der Waals surface area contributed by atoms with Crippen molar-refractivity contribution >= 4 is 18.3 Å². The second kappa shape index (κ2) is 7.96. The minimum absolute atomic E-state index is 0. The minimum Gasteiger partial charge on any atom is -0.335 e. The van der Waals surface area contributed by atoms with Gasteiger partial charge in [-0.3, -0.25) is 4.79 Å². The van der Waals surface area contributed by atoms with E-state index in [2.05, 4.69) is 0 Å². The van der Waals surface area contributed by atoms with Crippen LogP contribution in [-0.4, -0.2) is 22.9 Å². The van der Waals surface area contributed by atoms with Crippen LogP contribution in [0, 0.1) is 5.92 Å². The smallest absolute Gasteiger partial charge is 0.335 e. The molecule has 0 heterocycles. The third kappa shape index (κ3) is 4.88. The predicted octanol–water partition coefficient (Wildman–Crippen LogP) is 4.14. The van der Waals surface area contributed by atoms with Gasteiger partial charge in [0.25, 0.3) is 0 Å². The van der Waals surface area contributed by atoms with Gasteiger partial charge >= 0.3 is 6.18 Å². The van der Waals surface area contributed by atoms with Crippen LogP contribution < -0.4 is 5.73 Å². The van der Waals surface area contributed by atoms with E-state index in [9.17, 15) is 18.0 Å². The molecule has 0 aromatic heterocycles. The number of amides is 1. The van der Waals surface area contributed by atoms with Gasteiger partial charge in [-0.15, -0.1) is 12.4 Å². The summed E-state index contributed by atoms with van der Waals surface area (Å²) in [7, 11) is 0. The molecular formula is C18H24ClF3N2O. The van der Waals surface area contributed by atoms with E-state index in [1.807, 2.05) is 0 Å². The zero-order valence-corrected chi connectivity index (χ0v) is 14.8. The minimum atomic E-state index is -4.40. The fraction of sp³-hybridized carbons (Fsp3) is 0.611. The van der Waals surface area contributed by atoms with Crippen molar-refractivity contribution < 1.29 is 18.0 Å². The first kappa shape index (κ1) is 20.0. The fourth-order valence-corrected chi connectivity index (χ4v) is 3.59. The van der Waals surface area contributed by atoms with Crippen LogP contribution in [0.2, 0.25) is 0 Å². The molecule has 2 aliphatic carbocycles. The second-order valence-corrected chi connectivity index (χ2v) is 6.97. The topological polar surface area (TPSA) is 46.3 Å². The van der Waals surface area contributed by atoms with Crippen LogP contribution in [0.1, 0.15) is 49.7 Å². The summed E-state index contributed by atoms with van der Waals surface area (Å²) in [6.45, 7) is 0.0289. The molecule has 2 aliphatic rings. The van der Waals surface area contributed by atoms with Crippen molar-refractivity contribution in [1.82, 2.24) is 4.90 Å². The van der Waals surface area contributed by atoms with Crippen LogP contribution in [0.25, 0.3) is 0 Å². The van der Waals surface area contributed by atoms with Gasteiger partial charge in [0.05, 0.1) is 5.56 Å². The van der Waals surface area contributed by atoms with Gasteiger partial charge in [-0.2, -0.15) is 13.2 Å². The maximum Gasteiger partial charge on any atom is 0.416 e. The average Bonchev–Trinajstić information content (AvgIpc) is 3.28. The van der Waals surface area contributed by atoms with E-state index >= 15 is 0 Å². The van der Waals surface area contributed by atoms with E-state index < -0.39 is 11.7 Å². The SMILES string of the molecule is Cl.N[C@@H]1CCC[C@H]1CC(=O)N(Cc1ccccc1C(F)(F)F)C1CC1. The number of rotatable bonds is 5. The number of carbonyl (C=O) groups is 1. The van der Waals surface area contributed by atoms with Crippen molar-refractivity contribution in [3.8, 4) is 0 Å². The van der Waals surface area contributed by atoms with Crippen LogP contribution >= 0.6 is 12.4 Å². The molecule has 7 heteroatoms. The first-order chi connectivity index (χ1) is 11.4. The average molecular weight is 377 g/mol. The van der Waals surface area contributed by atoms with E-state index in [0.717, 1.165) is 38.2 Å². The Hall–Kier alpha value is -1.27. The van der Waals surface area contributed by atoms with Gasteiger partial charge in [0.15, 0.2) is 0 Å². The van der Waals surface area contributed by atoms with Crippen LogP contribution in [0.3, 0.4) is 0 Å². The molecule has 3 rings (SSSR count). The monoisotopic (exact) mass is 376 g/mol. The molecule has 0 bridgehead atoms. The van der Waals surface area contributed by atoms with E-state index in [0.29, 0.717) is 6.42 Å². The summed E-state index contributed by atoms with van der Waals surface area (Å²) in [5.41, 5.74) is 5.55. The number of hydrogen-bond acceptors (Lipinski definition) is 2. The van der Waals surface area contributed by atoms with E-state index in [1.54, 1.807) is 11.0 Å². The Morgan fingerprint density at radius 3 is 2.40 bits per heavy atom. The van der Waals surface area contributed by atoms with Crippen molar-refractivity contribution in [2.24, 2.45) is 11.7 Å². The highest BCUT2D eigenvalue weighted by Gasteiger charge is 2.38. The molecule has 0 aliphatic heterocycles. The zero-order valence-electron chi connectivity index (χ0n) is 14.0. The van der Waals surface area contributed by atoms with Gasteiger partial charge in [-0.25, -0.2) is 0 Å². The highest BCUT2D eigenvalue weighted by atomic mass is 35.5. The van der Waals surface area contributed by atoms with E-state index in [1.165, 1.54) is 12.1 Å². The number of carbonyl (C=O) groups excluding carboxylic acids is 1. The first-order valence-electron chi connectivity index (χ1n) is 8.56. The van der Waals surface area contributed by atoms with Gasteiger partial charge in [0, 0.05) is 25.0 Å². The van der Waals surface area contributed by atoms with Gasteiger partial charge < -0.3 is 10.6 Å². The number of nitrogens with zero attached hydrogens (tertiary/aromatic N) is 1. The molecule has 140 valence electrons. The van der Waals surface area contributed by atoms with Gasteiger partial charge in [-0.05, 0) is 43.2 Å². The lowest BCUT2D eigenvalue weighted by atomic mass is 9.99. The number of halogens is 4. The summed E-state index contributed by atoms with van der Waals surface area (Å²) in [4.78, 5) is 14.3. The van der Waals surface area contributed by atoms with E-state index in [4.69, 9.17) is 5.73 Å². The highest BCUT2D eigenvalue weighted by Crippen LogP contribution is 2.36. The van der Waals surface area contributed by atoms with Crippen molar-refractivity contribution in [3.05, 3.63) is 35.4 Å². The van der Waals surface area contributed by atoms with Crippen molar-refractivity contribution in [1.29, 1.82) is 0 Å². The maximum absolute atomic E-state index is 13.2. The largest absolute Gasteiger partial charge is 0.416 e. The standard InChI is InChI=1S/C18H23F3N2O.ClH/c19-18(20,21)15-6-2-1-4-13(15)11-23(14-8-9-14)17(24)10-12-5-3-7-16(12)22;/h1-2,4,6,12,14,16H,3,5,7-11,22H2;1H/t12-,16+;/m0./s1. The Morgan fingerprint density at radius 1 is 1.16 bits per heavy atom. The van der Waals surface area contributed by atoms with E-state index in [-0.39, 0.29) is 48.4 Å². The first-order valence-corrected chi connectivity index (χ1v) is 8.56. The fourth-order valence-electron chi connectivity index (χ4n) is 3.59. The van der Waals surface area contributed by atoms with Gasteiger partial charge in [-0.1, -0.05) is 24.6 Å². The Labute approximate surface area is 152 Å². The lowest BCUT2D eigenvalue weighted by molar-refractivity contribution is -0.140. The molecule has 0 saturated heterocycles. The summed E-state index contributed by atoms with van der Waals surface area (Å²) in [5, 5.41) is 0. The molecule has 0 spiro atoms. The Kier molecular flexibility index (Phi) is 6.38. The molecule has 1 aromatic rings. The van der Waals surface area contributed by atoms with Crippen LogP contribution in [0.5, 0.6) is 0 Å². The lowest BCUT2D eigenvalue weighted by Crippen LogP contribution is -2.36. The molecule has 2 atom stereocenters. The maximum atomic E-state index is 13.2. The second-order valence-electron chi connectivity index (χ2n) is 6.97. The van der Waals surface area contributed by atoms with Gasteiger partial charge in [0.2, 0.25) is 5.91 Å². The molecular weight excluding hydrogens is 353 g/mol. The molecule has 25 heavy (non-hydrogen) atoms. The molecule has 0 radical (unpaired) electrons. The van der Waals surface area contributed by atoms with Crippen LogP contribution in [0.4, 0.5) is 13.2 Å². The number of alkyl halides is 3. The molecule has 2 fully saturated rings. The molecule has 1 amide bonds. The number of nitrogens with two attached hydrogens (primary N) is 1. The summed E-state index contributed by atoms with van der Waals surface area (Å²) >= 11 is 0. The molecule has 2 N–H and O–H groups in total. The molecule has 1 aromatic carbocycles. The Morgan fingerprint density at radius 2 is 1.84 bits per heavy atom. The number of benzene rings is 1.